The van der Waals surface area contributed by atoms with Crippen molar-refractivity contribution in [2.24, 2.45) is 0 Å². The minimum Gasteiger partial charge on any atom is -0.347 e. The third-order valence-electron chi connectivity index (χ3n) is 5.22. The monoisotopic (exact) mass is 467 g/mol. The number of anilines is 1. The second kappa shape index (κ2) is 9.22. The average Bonchev–Trinajstić information content (AvgIpc) is 3.23. The molecule has 0 aliphatic carbocycles. The molecule has 1 aliphatic heterocycles. The molecule has 1 N–H and O–H groups in total. The van der Waals surface area contributed by atoms with Gasteiger partial charge in [0.05, 0.1) is 4.91 Å². The van der Waals surface area contributed by atoms with Crippen molar-refractivity contribution in [1.82, 2.24) is 9.47 Å². The topological polar surface area (TPSA) is 71.4 Å². The summed E-state index contributed by atoms with van der Waals surface area (Å²) in [6.07, 6.45) is 4.71. The van der Waals surface area contributed by atoms with Crippen LogP contribution in [0.3, 0.4) is 0 Å². The molecule has 32 heavy (non-hydrogen) atoms. The van der Waals surface area contributed by atoms with E-state index in [0.717, 1.165) is 51.7 Å². The smallest absolute Gasteiger partial charge is 0.294 e. The highest BCUT2D eigenvalue weighted by Crippen LogP contribution is 2.34. The van der Waals surface area contributed by atoms with Crippen molar-refractivity contribution in [3.05, 3.63) is 69.7 Å². The number of fused-ring (bicyclic) bond motifs is 1. The van der Waals surface area contributed by atoms with Gasteiger partial charge in [0.15, 0.2) is 0 Å². The highest BCUT2D eigenvalue weighted by molar-refractivity contribution is 8.18. The molecule has 4 rings (SSSR count). The first-order valence-electron chi connectivity index (χ1n) is 10.3. The number of aryl methyl sites for hydroxylation is 2. The van der Waals surface area contributed by atoms with Crippen molar-refractivity contribution in [3.63, 3.8) is 0 Å². The van der Waals surface area contributed by atoms with Gasteiger partial charge in [-0.2, -0.15) is 0 Å². The summed E-state index contributed by atoms with van der Waals surface area (Å²) in [4.78, 5) is 39.2. The van der Waals surface area contributed by atoms with Gasteiger partial charge < -0.3 is 9.88 Å². The van der Waals surface area contributed by atoms with Crippen LogP contribution in [0.15, 0.2) is 53.6 Å². The van der Waals surface area contributed by atoms with Crippen LogP contribution in [-0.4, -0.2) is 33.1 Å². The van der Waals surface area contributed by atoms with Crippen LogP contribution >= 0.6 is 23.4 Å². The molecule has 2 aromatic carbocycles. The van der Waals surface area contributed by atoms with E-state index >= 15 is 0 Å². The third-order valence-corrected chi connectivity index (χ3v) is 6.36. The molecular weight excluding hydrogens is 446 g/mol. The van der Waals surface area contributed by atoms with Crippen LogP contribution in [0.2, 0.25) is 5.02 Å². The molecule has 1 fully saturated rings. The molecule has 0 atom stereocenters. The quantitative estimate of drug-likeness (QED) is 0.473. The first-order valence-corrected chi connectivity index (χ1v) is 11.5. The van der Waals surface area contributed by atoms with E-state index in [-0.39, 0.29) is 6.54 Å². The number of hydrogen-bond acceptors (Lipinski definition) is 4. The summed E-state index contributed by atoms with van der Waals surface area (Å²) in [6, 6.07) is 13.1. The van der Waals surface area contributed by atoms with E-state index in [1.54, 1.807) is 24.3 Å². The van der Waals surface area contributed by atoms with Crippen LogP contribution in [0, 0.1) is 6.92 Å². The zero-order chi connectivity index (χ0) is 22.8. The first kappa shape index (κ1) is 22.2. The third kappa shape index (κ3) is 4.45. The van der Waals surface area contributed by atoms with E-state index in [1.165, 1.54) is 0 Å². The Morgan fingerprint density at radius 3 is 2.75 bits per heavy atom. The molecule has 0 unspecified atom stereocenters. The SMILES string of the molecule is CCCn1cc(/C=C2\SC(=O)N(CC(=O)Nc3cc(Cl)ccc3C)C2=O)c2ccccc21. The molecule has 0 saturated carbocycles. The zero-order valence-corrected chi connectivity index (χ0v) is 19.3. The summed E-state index contributed by atoms with van der Waals surface area (Å²) >= 11 is 6.84. The van der Waals surface area contributed by atoms with Crippen LogP contribution < -0.4 is 5.32 Å². The number of para-hydroxylation sites is 1. The Bertz CT molecular complexity index is 1260. The number of benzene rings is 2. The Kier molecular flexibility index (Phi) is 6.39. The van der Waals surface area contributed by atoms with Gasteiger partial charge in [-0.15, -0.1) is 0 Å². The van der Waals surface area contributed by atoms with E-state index in [1.807, 2.05) is 37.4 Å². The molecule has 1 aromatic heterocycles. The lowest BCUT2D eigenvalue weighted by molar-refractivity contribution is -0.127. The molecule has 0 radical (unpaired) electrons. The Hall–Kier alpha value is -3.03. The maximum absolute atomic E-state index is 12.9. The average molecular weight is 468 g/mol. The number of halogens is 1. The van der Waals surface area contributed by atoms with E-state index in [0.29, 0.717) is 15.6 Å². The predicted octanol–water partition coefficient (Wildman–Crippen LogP) is 5.69. The summed E-state index contributed by atoms with van der Waals surface area (Å²) in [5.41, 5.74) is 3.34. The number of amides is 3. The van der Waals surface area contributed by atoms with Crippen LogP contribution in [0.5, 0.6) is 0 Å². The molecular formula is C24H22ClN3O3S. The van der Waals surface area contributed by atoms with E-state index < -0.39 is 17.1 Å². The Morgan fingerprint density at radius 1 is 1.19 bits per heavy atom. The van der Waals surface area contributed by atoms with Gasteiger partial charge in [-0.25, -0.2) is 0 Å². The van der Waals surface area contributed by atoms with Crippen LogP contribution in [0.1, 0.15) is 24.5 Å². The van der Waals surface area contributed by atoms with Crippen molar-refractivity contribution >= 4 is 63.1 Å². The summed E-state index contributed by atoms with van der Waals surface area (Å²) in [5, 5.41) is 3.77. The molecule has 6 nitrogen and oxygen atoms in total. The number of carbonyl (C=O) groups is 3. The maximum atomic E-state index is 12.9. The molecule has 0 spiro atoms. The maximum Gasteiger partial charge on any atom is 0.294 e. The van der Waals surface area contributed by atoms with Crippen LogP contribution in [0.4, 0.5) is 10.5 Å². The van der Waals surface area contributed by atoms with Gasteiger partial charge >= 0.3 is 0 Å². The lowest BCUT2D eigenvalue weighted by atomic mass is 10.1. The fourth-order valence-electron chi connectivity index (χ4n) is 3.66. The van der Waals surface area contributed by atoms with Gasteiger partial charge in [0, 0.05) is 39.9 Å². The largest absolute Gasteiger partial charge is 0.347 e. The van der Waals surface area contributed by atoms with Crippen molar-refractivity contribution < 1.29 is 14.4 Å². The summed E-state index contributed by atoms with van der Waals surface area (Å²) < 4.78 is 2.15. The predicted molar refractivity (Wildman–Crippen MR) is 130 cm³/mol. The molecule has 0 bridgehead atoms. The van der Waals surface area contributed by atoms with Gasteiger partial charge in [-0.1, -0.05) is 42.8 Å². The number of hydrogen-bond donors (Lipinski definition) is 1. The second-order valence-corrected chi connectivity index (χ2v) is 9.00. The van der Waals surface area contributed by atoms with Gasteiger partial charge in [-0.3, -0.25) is 19.3 Å². The van der Waals surface area contributed by atoms with Crippen LogP contribution in [-0.2, 0) is 16.1 Å². The Balaban J connectivity index is 1.54. The molecule has 1 aliphatic rings. The molecule has 2 heterocycles. The normalized spacial score (nSPS) is 15.2. The number of nitrogens with one attached hydrogen (secondary N) is 1. The second-order valence-electron chi connectivity index (χ2n) is 7.57. The van der Waals surface area contributed by atoms with E-state index in [9.17, 15) is 14.4 Å². The van der Waals surface area contributed by atoms with Gasteiger partial charge in [0.2, 0.25) is 5.91 Å². The number of aromatic nitrogens is 1. The molecule has 3 amide bonds. The lowest BCUT2D eigenvalue weighted by Crippen LogP contribution is -2.36. The first-order chi connectivity index (χ1) is 15.4. The highest BCUT2D eigenvalue weighted by atomic mass is 35.5. The summed E-state index contributed by atoms with van der Waals surface area (Å²) in [7, 11) is 0. The molecule has 1 saturated heterocycles. The van der Waals surface area contributed by atoms with E-state index in [2.05, 4.69) is 16.8 Å². The Morgan fingerprint density at radius 2 is 1.97 bits per heavy atom. The number of thioether (sulfide) groups is 1. The van der Waals surface area contributed by atoms with Crippen molar-refractivity contribution in [2.45, 2.75) is 26.8 Å². The van der Waals surface area contributed by atoms with E-state index in [4.69, 9.17) is 11.6 Å². The number of rotatable bonds is 6. The number of imide groups is 1. The summed E-state index contributed by atoms with van der Waals surface area (Å²) in [5.74, 6) is -0.927. The summed E-state index contributed by atoms with van der Waals surface area (Å²) in [6.45, 7) is 4.45. The van der Waals surface area contributed by atoms with Crippen molar-refractivity contribution in [1.29, 1.82) is 0 Å². The van der Waals surface area contributed by atoms with Gasteiger partial charge in [0.1, 0.15) is 6.54 Å². The molecule has 3 aromatic rings. The zero-order valence-electron chi connectivity index (χ0n) is 17.7. The van der Waals surface area contributed by atoms with Crippen molar-refractivity contribution in [2.75, 3.05) is 11.9 Å². The highest BCUT2D eigenvalue weighted by Gasteiger charge is 2.36. The van der Waals surface area contributed by atoms with Crippen molar-refractivity contribution in [3.8, 4) is 0 Å². The fraction of sp³-hybridized carbons (Fsp3) is 0.208. The molecule has 164 valence electrons. The standard InChI is InChI=1S/C24H22ClN3O3S/c1-3-10-27-13-16(18-6-4-5-7-20(18)27)11-21-23(30)28(24(31)32-21)14-22(29)26-19-12-17(25)9-8-15(19)2/h4-9,11-13H,3,10,14H2,1-2H3,(H,26,29)/b21-11-. The van der Waals surface area contributed by atoms with Crippen LogP contribution in [0.25, 0.3) is 17.0 Å². The minimum absolute atomic E-state index is 0.307. The fourth-order valence-corrected chi connectivity index (χ4v) is 4.66. The number of carbonyl (C=O) groups excluding carboxylic acids is 3. The van der Waals surface area contributed by atoms with Gasteiger partial charge in [0.25, 0.3) is 11.1 Å². The molecule has 8 heteroatoms. The lowest BCUT2D eigenvalue weighted by Gasteiger charge is -2.13. The number of nitrogens with zero attached hydrogens (tertiary/aromatic N) is 2. The minimum atomic E-state index is -0.467. The Labute approximate surface area is 195 Å². The van der Waals surface area contributed by atoms with Gasteiger partial charge in [-0.05, 0) is 54.9 Å².